The molecule has 0 atom stereocenters. The second-order valence-corrected chi connectivity index (χ2v) is 9.03. The van der Waals surface area contributed by atoms with Crippen LogP contribution in [0, 0.1) is 0 Å². The summed E-state index contributed by atoms with van der Waals surface area (Å²) in [6.07, 6.45) is 0. The monoisotopic (exact) mass is 361 g/mol. The largest absolute Gasteiger partial charge is 0.351 e. The van der Waals surface area contributed by atoms with E-state index in [9.17, 15) is 4.79 Å². The van der Waals surface area contributed by atoms with E-state index >= 15 is 0 Å². The summed E-state index contributed by atoms with van der Waals surface area (Å²) >= 11 is 1.27. The molecule has 0 saturated carbocycles. The number of carbonyl (C=O) groups excluding carboxylic acids is 1. The van der Waals surface area contributed by atoms with Crippen LogP contribution in [0.15, 0.2) is 29.4 Å². The first kappa shape index (κ1) is 19.3. The Kier molecular flexibility index (Phi) is 5.46. The molecule has 25 heavy (non-hydrogen) atoms. The number of rotatable bonds is 4. The van der Waals surface area contributed by atoms with E-state index in [0.29, 0.717) is 11.0 Å². The van der Waals surface area contributed by atoms with Gasteiger partial charge >= 0.3 is 0 Å². The first-order valence-corrected chi connectivity index (χ1v) is 9.21. The predicted octanol–water partition coefficient (Wildman–Crippen LogP) is 2.96. The number of thioether (sulfide) groups is 1. The quantitative estimate of drug-likeness (QED) is 0.646. The van der Waals surface area contributed by atoms with Crippen molar-refractivity contribution < 1.29 is 4.79 Å². The maximum absolute atomic E-state index is 11.9. The molecule has 1 amide bonds. The molecule has 2 aromatic rings. The van der Waals surface area contributed by atoms with Crippen LogP contribution in [-0.4, -0.2) is 32.1 Å². The summed E-state index contributed by atoms with van der Waals surface area (Å²) in [5.41, 5.74) is 1.98. The number of aromatic nitrogens is 3. The van der Waals surface area contributed by atoms with Crippen LogP contribution >= 0.6 is 11.8 Å². The summed E-state index contributed by atoms with van der Waals surface area (Å²) in [5.74, 6) is 6.88. The normalized spacial score (nSPS) is 12.2. The number of nitrogens with two attached hydrogens (primary N) is 1. The number of carbonyl (C=O) groups is 1. The van der Waals surface area contributed by atoms with Crippen LogP contribution in [-0.2, 0) is 10.2 Å². The van der Waals surface area contributed by atoms with Gasteiger partial charge in [-0.1, -0.05) is 56.8 Å². The molecular weight excluding hydrogens is 334 g/mol. The van der Waals surface area contributed by atoms with Gasteiger partial charge in [0.2, 0.25) is 11.1 Å². The molecule has 0 saturated heterocycles. The van der Waals surface area contributed by atoms with Crippen LogP contribution in [0.2, 0.25) is 0 Å². The fourth-order valence-corrected chi connectivity index (χ4v) is 2.93. The molecule has 7 heteroatoms. The highest BCUT2D eigenvalue weighted by Gasteiger charge is 2.18. The Morgan fingerprint density at radius 3 is 2.24 bits per heavy atom. The fourth-order valence-electron chi connectivity index (χ4n) is 2.28. The van der Waals surface area contributed by atoms with Gasteiger partial charge in [-0.2, -0.15) is 0 Å². The molecule has 0 aliphatic rings. The van der Waals surface area contributed by atoms with Gasteiger partial charge in [0.25, 0.3) is 0 Å². The van der Waals surface area contributed by atoms with Crippen molar-refractivity contribution in [1.29, 1.82) is 0 Å². The number of amides is 1. The van der Waals surface area contributed by atoms with Crippen molar-refractivity contribution >= 4 is 17.7 Å². The highest BCUT2D eigenvalue weighted by Crippen LogP contribution is 2.26. The summed E-state index contributed by atoms with van der Waals surface area (Å²) in [6, 6.07) is 8.14. The summed E-state index contributed by atoms with van der Waals surface area (Å²) in [4.78, 5) is 11.9. The summed E-state index contributed by atoms with van der Waals surface area (Å²) in [7, 11) is 0. The molecule has 3 N–H and O–H groups in total. The fraction of sp³-hybridized carbons (Fsp3) is 0.500. The molecular formula is C18H27N5OS. The molecule has 6 nitrogen and oxygen atoms in total. The van der Waals surface area contributed by atoms with E-state index in [0.717, 1.165) is 5.56 Å². The van der Waals surface area contributed by atoms with E-state index in [-0.39, 0.29) is 22.6 Å². The Hall–Kier alpha value is -2.02. The second kappa shape index (κ2) is 7.07. The summed E-state index contributed by atoms with van der Waals surface area (Å²) < 4.78 is 1.43. The molecule has 0 aliphatic carbocycles. The smallest absolute Gasteiger partial charge is 0.230 e. The zero-order valence-corrected chi connectivity index (χ0v) is 16.6. The SMILES string of the molecule is CC(C)(C)NC(=O)CSc1nnc(-c2ccc(C(C)(C)C)cc2)n1N. The van der Waals surface area contributed by atoms with E-state index in [4.69, 9.17) is 5.84 Å². The number of nitrogens with zero attached hydrogens (tertiary/aromatic N) is 3. The van der Waals surface area contributed by atoms with Crippen LogP contribution < -0.4 is 11.2 Å². The minimum Gasteiger partial charge on any atom is -0.351 e. The van der Waals surface area contributed by atoms with Crippen molar-refractivity contribution in [2.45, 2.75) is 57.7 Å². The Balaban J connectivity index is 2.09. The number of nitrogens with one attached hydrogen (secondary N) is 1. The Morgan fingerprint density at radius 2 is 1.72 bits per heavy atom. The van der Waals surface area contributed by atoms with E-state index in [2.05, 4.69) is 48.4 Å². The van der Waals surface area contributed by atoms with Gasteiger partial charge in [-0.05, 0) is 31.7 Å². The highest BCUT2D eigenvalue weighted by atomic mass is 32.2. The molecule has 0 bridgehead atoms. The molecule has 1 aromatic heterocycles. The number of hydrogen-bond donors (Lipinski definition) is 2. The highest BCUT2D eigenvalue weighted by molar-refractivity contribution is 7.99. The molecule has 0 radical (unpaired) electrons. The van der Waals surface area contributed by atoms with Gasteiger partial charge in [0.15, 0.2) is 5.82 Å². The average Bonchev–Trinajstić information content (AvgIpc) is 2.84. The minimum absolute atomic E-state index is 0.0587. The number of hydrogen-bond acceptors (Lipinski definition) is 5. The maximum atomic E-state index is 11.9. The molecule has 0 aliphatic heterocycles. The van der Waals surface area contributed by atoms with E-state index in [1.807, 2.05) is 32.9 Å². The van der Waals surface area contributed by atoms with Gasteiger partial charge in [0.05, 0.1) is 5.75 Å². The van der Waals surface area contributed by atoms with Crippen molar-refractivity contribution in [1.82, 2.24) is 20.2 Å². The van der Waals surface area contributed by atoms with E-state index < -0.39 is 0 Å². The third-order valence-electron chi connectivity index (χ3n) is 3.52. The minimum atomic E-state index is -0.256. The maximum Gasteiger partial charge on any atom is 0.230 e. The second-order valence-electron chi connectivity index (χ2n) is 8.09. The Labute approximate surface area is 153 Å². The third-order valence-corrected chi connectivity index (χ3v) is 4.46. The molecule has 1 aromatic carbocycles. The zero-order chi connectivity index (χ0) is 18.8. The van der Waals surface area contributed by atoms with Gasteiger partial charge in [0, 0.05) is 11.1 Å². The van der Waals surface area contributed by atoms with E-state index in [1.54, 1.807) is 0 Å². The Bertz CT molecular complexity index is 738. The standard InChI is InChI=1S/C18H27N5OS/c1-17(2,3)13-9-7-12(8-10-13)15-21-22-16(23(15)19)25-11-14(24)20-18(4,5)6/h7-10H,11,19H2,1-6H3,(H,20,24). The third kappa shape index (κ3) is 5.22. The van der Waals surface area contributed by atoms with Crippen LogP contribution in [0.4, 0.5) is 0 Å². The van der Waals surface area contributed by atoms with Crippen molar-refractivity contribution in [3.63, 3.8) is 0 Å². The van der Waals surface area contributed by atoms with Gasteiger partial charge in [-0.15, -0.1) is 10.2 Å². The van der Waals surface area contributed by atoms with Crippen molar-refractivity contribution in [3.05, 3.63) is 29.8 Å². The lowest BCUT2D eigenvalue weighted by atomic mass is 9.87. The van der Waals surface area contributed by atoms with Crippen molar-refractivity contribution in [3.8, 4) is 11.4 Å². The lowest BCUT2D eigenvalue weighted by Crippen LogP contribution is -2.41. The molecule has 2 rings (SSSR count). The summed E-state index contributed by atoms with van der Waals surface area (Å²) in [5, 5.41) is 11.7. The van der Waals surface area contributed by atoms with Crippen LogP contribution in [0.3, 0.4) is 0 Å². The zero-order valence-electron chi connectivity index (χ0n) is 15.8. The average molecular weight is 362 g/mol. The topological polar surface area (TPSA) is 85.8 Å². The molecule has 0 unspecified atom stereocenters. The lowest BCUT2D eigenvalue weighted by molar-refractivity contribution is -0.119. The predicted molar refractivity (Wildman–Crippen MR) is 103 cm³/mol. The lowest BCUT2D eigenvalue weighted by Gasteiger charge is -2.20. The van der Waals surface area contributed by atoms with Crippen LogP contribution in [0.25, 0.3) is 11.4 Å². The van der Waals surface area contributed by atoms with Gasteiger partial charge < -0.3 is 11.2 Å². The summed E-state index contributed by atoms with van der Waals surface area (Å²) in [6.45, 7) is 12.3. The molecule has 1 heterocycles. The van der Waals surface area contributed by atoms with Gasteiger partial charge in [-0.25, -0.2) is 4.68 Å². The molecule has 0 spiro atoms. The first-order valence-electron chi connectivity index (χ1n) is 8.22. The van der Waals surface area contributed by atoms with Crippen molar-refractivity contribution in [2.24, 2.45) is 0 Å². The molecule has 0 fully saturated rings. The Morgan fingerprint density at radius 1 is 1.12 bits per heavy atom. The van der Waals surface area contributed by atoms with Crippen LogP contribution in [0.1, 0.15) is 47.1 Å². The van der Waals surface area contributed by atoms with E-state index in [1.165, 1.54) is 22.0 Å². The molecule has 136 valence electrons. The van der Waals surface area contributed by atoms with Gasteiger partial charge in [-0.3, -0.25) is 4.79 Å². The number of benzene rings is 1. The number of nitrogen functional groups attached to an aromatic ring is 1. The van der Waals surface area contributed by atoms with Crippen LogP contribution in [0.5, 0.6) is 0 Å². The van der Waals surface area contributed by atoms with Crippen molar-refractivity contribution in [2.75, 3.05) is 11.6 Å². The van der Waals surface area contributed by atoms with Gasteiger partial charge in [0.1, 0.15) is 0 Å². The first-order chi connectivity index (χ1) is 11.5.